The summed E-state index contributed by atoms with van der Waals surface area (Å²) in [4.78, 5) is 41.2. The molecule has 8 heteroatoms. The number of nitrogens with two attached hydrogens (primary N) is 1. The van der Waals surface area contributed by atoms with Crippen molar-refractivity contribution in [2.75, 3.05) is 5.73 Å². The Labute approximate surface area is 168 Å². The van der Waals surface area contributed by atoms with Crippen LogP contribution in [-0.4, -0.2) is 21.4 Å². The van der Waals surface area contributed by atoms with Crippen LogP contribution in [0.1, 0.15) is 26.3 Å². The standard InChI is InChI=1S/C21H14N4O3S/c1-10-8-11(21-23-13-4-2-3-5-15(13)29-21)6-7-14(10)25-16(26)9-12-17(18(25)22)20(28)24-19(12)27/h2-9H,22H2,1H3,(H,24,27,28). The lowest BCUT2D eigenvalue weighted by Crippen LogP contribution is -2.24. The second-order valence-corrected chi connectivity index (χ2v) is 7.79. The van der Waals surface area contributed by atoms with E-state index in [-0.39, 0.29) is 16.9 Å². The van der Waals surface area contributed by atoms with E-state index in [0.717, 1.165) is 32.4 Å². The molecule has 7 nitrogen and oxygen atoms in total. The first-order chi connectivity index (χ1) is 13.9. The van der Waals surface area contributed by atoms with E-state index < -0.39 is 17.4 Å². The number of nitrogens with one attached hydrogen (secondary N) is 1. The molecule has 29 heavy (non-hydrogen) atoms. The van der Waals surface area contributed by atoms with Gasteiger partial charge in [0.05, 0.1) is 27.0 Å². The maximum atomic E-state index is 12.7. The number of nitrogens with zero attached hydrogens (tertiary/aromatic N) is 2. The van der Waals surface area contributed by atoms with E-state index in [4.69, 9.17) is 5.73 Å². The number of hydrogen-bond donors (Lipinski definition) is 2. The Kier molecular flexibility index (Phi) is 3.65. The van der Waals surface area contributed by atoms with Crippen molar-refractivity contribution in [3.8, 4) is 16.3 Å². The summed E-state index contributed by atoms with van der Waals surface area (Å²) in [6, 6.07) is 14.6. The highest BCUT2D eigenvalue weighted by Crippen LogP contribution is 2.32. The summed E-state index contributed by atoms with van der Waals surface area (Å²) in [6.07, 6.45) is 0. The van der Waals surface area contributed by atoms with Gasteiger partial charge < -0.3 is 5.73 Å². The molecule has 2 aromatic heterocycles. The van der Waals surface area contributed by atoms with Crippen molar-refractivity contribution in [2.45, 2.75) is 6.92 Å². The SMILES string of the molecule is Cc1cc(-c2nc3ccccc3s2)ccc1-n1c(N)c2c(cc1=O)C(=O)NC2=O. The van der Waals surface area contributed by atoms with E-state index in [1.807, 2.05) is 43.3 Å². The van der Waals surface area contributed by atoms with Crippen LogP contribution in [0, 0.1) is 6.92 Å². The van der Waals surface area contributed by atoms with Crippen LogP contribution in [0.5, 0.6) is 0 Å². The fourth-order valence-corrected chi connectivity index (χ4v) is 4.52. The molecule has 2 aromatic carbocycles. The molecular formula is C21H14N4O3S. The van der Waals surface area contributed by atoms with E-state index in [1.54, 1.807) is 17.4 Å². The van der Waals surface area contributed by atoms with Gasteiger partial charge in [-0.3, -0.25) is 24.3 Å². The molecule has 0 fully saturated rings. The number of carbonyl (C=O) groups is 2. The van der Waals surface area contributed by atoms with Crippen molar-refractivity contribution >= 4 is 39.2 Å². The number of pyridine rings is 1. The summed E-state index contributed by atoms with van der Waals surface area (Å²) >= 11 is 1.59. The van der Waals surface area contributed by atoms with Gasteiger partial charge in [-0.15, -0.1) is 11.3 Å². The molecule has 4 aromatic rings. The van der Waals surface area contributed by atoms with Gasteiger partial charge >= 0.3 is 0 Å². The maximum absolute atomic E-state index is 12.7. The Hall–Kier alpha value is -3.78. The Balaban J connectivity index is 1.65. The Bertz CT molecular complexity index is 1380. The number of anilines is 1. The van der Waals surface area contributed by atoms with Crippen LogP contribution in [0.15, 0.2) is 53.3 Å². The van der Waals surface area contributed by atoms with Gasteiger partial charge in [0, 0.05) is 11.6 Å². The van der Waals surface area contributed by atoms with Gasteiger partial charge in [-0.1, -0.05) is 12.1 Å². The van der Waals surface area contributed by atoms with E-state index in [0.29, 0.717) is 5.69 Å². The van der Waals surface area contributed by atoms with Gasteiger partial charge in [-0.05, 0) is 42.8 Å². The van der Waals surface area contributed by atoms with Gasteiger partial charge in [0.25, 0.3) is 17.4 Å². The minimum Gasteiger partial charge on any atom is -0.384 e. The highest BCUT2D eigenvalue weighted by molar-refractivity contribution is 7.21. The lowest BCUT2D eigenvalue weighted by Gasteiger charge is -2.14. The zero-order valence-corrected chi connectivity index (χ0v) is 16.0. The van der Waals surface area contributed by atoms with Crippen LogP contribution in [0.3, 0.4) is 0 Å². The number of nitrogen functional groups attached to an aromatic ring is 1. The summed E-state index contributed by atoms with van der Waals surface area (Å²) in [5.41, 5.74) is 8.90. The summed E-state index contributed by atoms with van der Waals surface area (Å²) in [5.74, 6) is -1.25. The highest BCUT2D eigenvalue weighted by atomic mass is 32.1. The number of carbonyl (C=O) groups excluding carboxylic acids is 2. The second kappa shape index (κ2) is 6.11. The number of imide groups is 1. The second-order valence-electron chi connectivity index (χ2n) is 6.76. The van der Waals surface area contributed by atoms with Crippen LogP contribution >= 0.6 is 11.3 Å². The molecule has 3 heterocycles. The zero-order valence-electron chi connectivity index (χ0n) is 15.2. The van der Waals surface area contributed by atoms with Gasteiger partial charge in [0.2, 0.25) is 0 Å². The first-order valence-corrected chi connectivity index (χ1v) is 9.64. The predicted molar refractivity (Wildman–Crippen MR) is 112 cm³/mol. The van der Waals surface area contributed by atoms with Crippen LogP contribution in [0.25, 0.3) is 26.5 Å². The normalized spacial score (nSPS) is 13.0. The van der Waals surface area contributed by atoms with Crippen molar-refractivity contribution in [1.82, 2.24) is 14.9 Å². The monoisotopic (exact) mass is 402 g/mol. The average molecular weight is 402 g/mol. The maximum Gasteiger partial charge on any atom is 0.262 e. The fraction of sp³-hybridized carbons (Fsp3) is 0.0476. The highest BCUT2D eigenvalue weighted by Gasteiger charge is 2.32. The molecule has 1 aliphatic heterocycles. The molecule has 1 aliphatic rings. The predicted octanol–water partition coefficient (Wildman–Crippen LogP) is 2.89. The van der Waals surface area contributed by atoms with Crippen molar-refractivity contribution in [3.05, 3.63) is 75.6 Å². The molecule has 0 atom stereocenters. The third-order valence-corrected chi connectivity index (χ3v) is 6.02. The molecule has 0 radical (unpaired) electrons. The lowest BCUT2D eigenvalue weighted by atomic mass is 10.1. The molecule has 0 saturated heterocycles. The van der Waals surface area contributed by atoms with Crippen molar-refractivity contribution < 1.29 is 9.59 Å². The Morgan fingerprint density at radius 1 is 1.03 bits per heavy atom. The Morgan fingerprint density at radius 3 is 2.59 bits per heavy atom. The minimum absolute atomic E-state index is 0.0116. The van der Waals surface area contributed by atoms with Crippen LogP contribution < -0.4 is 16.6 Å². The number of thiazole rings is 1. The number of rotatable bonds is 2. The molecule has 5 rings (SSSR count). The van der Waals surface area contributed by atoms with Crippen molar-refractivity contribution in [2.24, 2.45) is 0 Å². The van der Waals surface area contributed by atoms with Crippen LogP contribution in [0.2, 0.25) is 0 Å². The van der Waals surface area contributed by atoms with Crippen LogP contribution in [0.4, 0.5) is 5.82 Å². The number of hydrogen-bond acceptors (Lipinski definition) is 6. The molecule has 0 bridgehead atoms. The molecule has 2 amide bonds. The van der Waals surface area contributed by atoms with Gasteiger partial charge in [0.15, 0.2) is 0 Å². The Morgan fingerprint density at radius 2 is 1.83 bits per heavy atom. The first-order valence-electron chi connectivity index (χ1n) is 8.82. The van der Waals surface area contributed by atoms with E-state index in [2.05, 4.69) is 10.3 Å². The number of benzene rings is 2. The number of aryl methyl sites for hydroxylation is 1. The fourth-order valence-electron chi connectivity index (χ4n) is 3.56. The van der Waals surface area contributed by atoms with E-state index >= 15 is 0 Å². The average Bonchev–Trinajstić information content (AvgIpc) is 3.24. The number of para-hydroxylation sites is 1. The number of amides is 2. The quantitative estimate of drug-likeness (QED) is 0.502. The van der Waals surface area contributed by atoms with Gasteiger partial charge in [0.1, 0.15) is 10.8 Å². The zero-order chi connectivity index (χ0) is 20.3. The summed E-state index contributed by atoms with van der Waals surface area (Å²) < 4.78 is 2.35. The summed E-state index contributed by atoms with van der Waals surface area (Å²) in [5, 5.41) is 3.04. The minimum atomic E-state index is -0.608. The summed E-state index contributed by atoms with van der Waals surface area (Å²) in [7, 11) is 0. The molecule has 0 saturated carbocycles. The largest absolute Gasteiger partial charge is 0.384 e. The van der Waals surface area contributed by atoms with E-state index in [1.165, 1.54) is 4.57 Å². The third-order valence-electron chi connectivity index (χ3n) is 4.93. The third kappa shape index (κ3) is 2.57. The van der Waals surface area contributed by atoms with Crippen LogP contribution in [-0.2, 0) is 0 Å². The van der Waals surface area contributed by atoms with E-state index in [9.17, 15) is 14.4 Å². The smallest absolute Gasteiger partial charge is 0.262 e. The molecule has 0 unspecified atom stereocenters. The topological polar surface area (TPSA) is 107 Å². The van der Waals surface area contributed by atoms with Gasteiger partial charge in [-0.2, -0.15) is 0 Å². The van der Waals surface area contributed by atoms with Crippen molar-refractivity contribution in [3.63, 3.8) is 0 Å². The van der Waals surface area contributed by atoms with Gasteiger partial charge in [-0.25, -0.2) is 4.98 Å². The molecule has 142 valence electrons. The van der Waals surface area contributed by atoms with Crippen molar-refractivity contribution in [1.29, 1.82) is 0 Å². The lowest BCUT2D eigenvalue weighted by molar-refractivity contribution is 0.0880. The molecule has 3 N–H and O–H groups in total. The number of fused-ring (bicyclic) bond motifs is 2. The first kappa shape index (κ1) is 17.3. The molecule has 0 spiro atoms. The number of aromatic nitrogens is 2. The summed E-state index contributed by atoms with van der Waals surface area (Å²) in [6.45, 7) is 1.86. The molecule has 0 aliphatic carbocycles. The molecular weight excluding hydrogens is 388 g/mol.